The van der Waals surface area contributed by atoms with Gasteiger partial charge in [0.25, 0.3) is 0 Å². The molecule has 0 unspecified atom stereocenters. The van der Waals surface area contributed by atoms with E-state index in [2.05, 4.69) is 21.9 Å². The summed E-state index contributed by atoms with van der Waals surface area (Å²) in [6, 6.07) is 4.02. The van der Waals surface area contributed by atoms with Crippen molar-refractivity contribution in [3.8, 4) is 0 Å². The Bertz CT molecular complexity index is 364. The monoisotopic (exact) mass is 147 g/mol. The fraction of sp³-hybridized carbons (Fsp3) is 0.250. The first kappa shape index (κ1) is 6.34. The SMILES string of the molecule is CCc1ccc2[nH]cnc2n1. The van der Waals surface area contributed by atoms with Crippen molar-refractivity contribution in [2.24, 2.45) is 0 Å². The van der Waals surface area contributed by atoms with E-state index in [1.165, 1.54) is 0 Å². The molecule has 3 nitrogen and oxygen atoms in total. The maximum atomic E-state index is 4.31. The van der Waals surface area contributed by atoms with Gasteiger partial charge in [-0.2, -0.15) is 0 Å². The van der Waals surface area contributed by atoms with Gasteiger partial charge in [0.05, 0.1) is 11.8 Å². The minimum Gasteiger partial charge on any atom is -0.343 e. The highest BCUT2D eigenvalue weighted by Gasteiger charge is 1.96. The second-order valence-corrected chi connectivity index (χ2v) is 2.43. The molecule has 2 aromatic heterocycles. The average Bonchev–Trinajstić information content (AvgIpc) is 2.50. The maximum Gasteiger partial charge on any atom is 0.177 e. The van der Waals surface area contributed by atoms with Gasteiger partial charge in [0.15, 0.2) is 5.65 Å². The number of aromatic nitrogens is 3. The number of nitrogens with one attached hydrogen (secondary N) is 1. The largest absolute Gasteiger partial charge is 0.343 e. The third-order valence-corrected chi connectivity index (χ3v) is 1.70. The van der Waals surface area contributed by atoms with Crippen LogP contribution < -0.4 is 0 Å². The van der Waals surface area contributed by atoms with Crippen LogP contribution in [-0.4, -0.2) is 15.0 Å². The summed E-state index contributed by atoms with van der Waals surface area (Å²) in [6.45, 7) is 2.08. The van der Waals surface area contributed by atoms with Crippen LogP contribution in [0.4, 0.5) is 0 Å². The lowest BCUT2D eigenvalue weighted by Gasteiger charge is -1.92. The highest BCUT2D eigenvalue weighted by Crippen LogP contribution is 2.06. The van der Waals surface area contributed by atoms with Crippen LogP contribution in [-0.2, 0) is 6.42 Å². The van der Waals surface area contributed by atoms with Crippen molar-refractivity contribution >= 4 is 11.2 Å². The van der Waals surface area contributed by atoms with Gasteiger partial charge in [-0.3, -0.25) is 0 Å². The Hall–Kier alpha value is -1.38. The number of aryl methyl sites for hydroxylation is 1. The Kier molecular flexibility index (Phi) is 1.35. The molecule has 2 rings (SSSR count). The Labute approximate surface area is 64.5 Å². The minimum absolute atomic E-state index is 0.810. The summed E-state index contributed by atoms with van der Waals surface area (Å²) in [5.74, 6) is 0. The number of H-pyrrole nitrogens is 1. The van der Waals surface area contributed by atoms with Crippen LogP contribution in [0, 0.1) is 0 Å². The molecule has 0 spiro atoms. The normalized spacial score (nSPS) is 10.6. The first-order chi connectivity index (χ1) is 5.40. The molecule has 0 aliphatic carbocycles. The topological polar surface area (TPSA) is 41.6 Å². The van der Waals surface area contributed by atoms with Crippen molar-refractivity contribution in [2.45, 2.75) is 13.3 Å². The van der Waals surface area contributed by atoms with Crippen LogP contribution in [0.1, 0.15) is 12.6 Å². The highest BCUT2D eigenvalue weighted by molar-refractivity contribution is 5.69. The van der Waals surface area contributed by atoms with E-state index in [1.54, 1.807) is 6.33 Å². The summed E-state index contributed by atoms with van der Waals surface area (Å²) in [4.78, 5) is 11.4. The molecule has 0 radical (unpaired) electrons. The van der Waals surface area contributed by atoms with E-state index in [0.29, 0.717) is 0 Å². The van der Waals surface area contributed by atoms with Gasteiger partial charge in [-0.05, 0) is 18.6 Å². The molecule has 1 N–H and O–H groups in total. The van der Waals surface area contributed by atoms with Crippen LogP contribution in [0.2, 0.25) is 0 Å². The Morgan fingerprint density at radius 1 is 1.45 bits per heavy atom. The number of hydrogen-bond acceptors (Lipinski definition) is 2. The fourth-order valence-electron chi connectivity index (χ4n) is 1.06. The molecule has 11 heavy (non-hydrogen) atoms. The first-order valence-electron chi connectivity index (χ1n) is 3.69. The van der Waals surface area contributed by atoms with Crippen LogP contribution >= 0.6 is 0 Å². The first-order valence-corrected chi connectivity index (χ1v) is 3.69. The molecule has 0 amide bonds. The van der Waals surface area contributed by atoms with Crippen LogP contribution in [0.25, 0.3) is 11.2 Å². The molecule has 0 aliphatic rings. The molecule has 0 aromatic carbocycles. The zero-order chi connectivity index (χ0) is 7.68. The van der Waals surface area contributed by atoms with Gasteiger partial charge in [-0.1, -0.05) is 6.92 Å². The van der Waals surface area contributed by atoms with E-state index >= 15 is 0 Å². The lowest BCUT2D eigenvalue weighted by Crippen LogP contribution is -1.85. The lowest BCUT2D eigenvalue weighted by atomic mass is 10.3. The van der Waals surface area contributed by atoms with Crippen molar-refractivity contribution in [3.05, 3.63) is 24.2 Å². The summed E-state index contributed by atoms with van der Waals surface area (Å²) < 4.78 is 0. The van der Waals surface area contributed by atoms with E-state index < -0.39 is 0 Å². The smallest absolute Gasteiger partial charge is 0.177 e. The van der Waals surface area contributed by atoms with Crippen LogP contribution in [0.15, 0.2) is 18.5 Å². The van der Waals surface area contributed by atoms with Crippen molar-refractivity contribution in [1.29, 1.82) is 0 Å². The van der Waals surface area contributed by atoms with E-state index in [-0.39, 0.29) is 0 Å². The van der Waals surface area contributed by atoms with Gasteiger partial charge in [0.1, 0.15) is 0 Å². The maximum absolute atomic E-state index is 4.31. The zero-order valence-electron chi connectivity index (χ0n) is 6.33. The van der Waals surface area contributed by atoms with E-state index in [0.717, 1.165) is 23.3 Å². The number of rotatable bonds is 1. The molecule has 2 heterocycles. The number of nitrogens with zero attached hydrogens (tertiary/aromatic N) is 2. The number of fused-ring (bicyclic) bond motifs is 1. The molecule has 56 valence electrons. The molecule has 0 atom stereocenters. The van der Waals surface area contributed by atoms with Gasteiger partial charge in [0, 0.05) is 5.69 Å². The number of imidazole rings is 1. The van der Waals surface area contributed by atoms with Gasteiger partial charge >= 0.3 is 0 Å². The summed E-state index contributed by atoms with van der Waals surface area (Å²) >= 11 is 0. The van der Waals surface area contributed by atoms with Crippen molar-refractivity contribution in [3.63, 3.8) is 0 Å². The number of aromatic amines is 1. The molecule has 0 bridgehead atoms. The molecule has 3 heteroatoms. The predicted molar refractivity (Wildman–Crippen MR) is 43.3 cm³/mol. The molecule has 0 saturated carbocycles. The summed E-state index contributed by atoms with van der Waals surface area (Å²) in [6.07, 6.45) is 2.62. The van der Waals surface area contributed by atoms with Crippen LogP contribution in [0.5, 0.6) is 0 Å². The van der Waals surface area contributed by atoms with Crippen LogP contribution in [0.3, 0.4) is 0 Å². The molecule has 0 fully saturated rings. The Morgan fingerprint density at radius 3 is 3.18 bits per heavy atom. The second kappa shape index (κ2) is 2.34. The number of pyridine rings is 1. The lowest BCUT2D eigenvalue weighted by molar-refractivity contribution is 1.05. The molecule has 0 aliphatic heterocycles. The Morgan fingerprint density at radius 2 is 2.36 bits per heavy atom. The number of hydrogen-bond donors (Lipinski definition) is 1. The second-order valence-electron chi connectivity index (χ2n) is 2.43. The van der Waals surface area contributed by atoms with Crippen molar-refractivity contribution < 1.29 is 0 Å². The van der Waals surface area contributed by atoms with Crippen molar-refractivity contribution in [1.82, 2.24) is 15.0 Å². The molecule has 0 saturated heterocycles. The third kappa shape index (κ3) is 0.981. The molecular weight excluding hydrogens is 138 g/mol. The standard InChI is InChI=1S/C8H9N3/c1-2-6-3-4-7-8(11-6)10-5-9-7/h3-5H,2H2,1H3,(H,9,10,11). The van der Waals surface area contributed by atoms with E-state index in [1.807, 2.05) is 12.1 Å². The average molecular weight is 147 g/mol. The van der Waals surface area contributed by atoms with E-state index in [9.17, 15) is 0 Å². The fourth-order valence-corrected chi connectivity index (χ4v) is 1.06. The third-order valence-electron chi connectivity index (χ3n) is 1.70. The van der Waals surface area contributed by atoms with Gasteiger partial charge in [-0.25, -0.2) is 9.97 Å². The van der Waals surface area contributed by atoms with Gasteiger partial charge < -0.3 is 4.98 Å². The summed E-state index contributed by atoms with van der Waals surface area (Å²) in [5, 5.41) is 0. The minimum atomic E-state index is 0.810. The van der Waals surface area contributed by atoms with Gasteiger partial charge in [0.2, 0.25) is 0 Å². The summed E-state index contributed by atoms with van der Waals surface area (Å²) in [5.41, 5.74) is 2.90. The quantitative estimate of drug-likeness (QED) is 0.664. The Balaban J connectivity index is 2.67. The predicted octanol–water partition coefficient (Wildman–Crippen LogP) is 1.52. The summed E-state index contributed by atoms with van der Waals surface area (Å²) in [7, 11) is 0. The van der Waals surface area contributed by atoms with E-state index in [4.69, 9.17) is 0 Å². The zero-order valence-corrected chi connectivity index (χ0v) is 6.33. The highest BCUT2D eigenvalue weighted by atomic mass is 14.9. The molecular formula is C8H9N3. The van der Waals surface area contributed by atoms with Crippen molar-refractivity contribution in [2.75, 3.05) is 0 Å². The molecule has 2 aromatic rings. The van der Waals surface area contributed by atoms with Gasteiger partial charge in [-0.15, -0.1) is 0 Å².